The molecule has 1 unspecified atom stereocenters. The van der Waals surface area contributed by atoms with Gasteiger partial charge in [0.1, 0.15) is 5.70 Å². The van der Waals surface area contributed by atoms with Gasteiger partial charge in [0, 0.05) is 36.4 Å². The Labute approximate surface area is 183 Å². The van der Waals surface area contributed by atoms with E-state index in [-0.39, 0.29) is 17.4 Å². The van der Waals surface area contributed by atoms with E-state index in [1.165, 1.54) is 36.9 Å². The smallest absolute Gasteiger partial charge is 0.354 e. The summed E-state index contributed by atoms with van der Waals surface area (Å²) in [6.45, 7) is 3.85. The molecule has 1 aromatic carbocycles. The van der Waals surface area contributed by atoms with Gasteiger partial charge in [-0.1, -0.05) is 25.1 Å². The van der Waals surface area contributed by atoms with Crippen LogP contribution >= 0.6 is 0 Å². The van der Waals surface area contributed by atoms with Crippen molar-refractivity contribution in [1.82, 2.24) is 9.47 Å². The largest absolute Gasteiger partial charge is 0.466 e. The van der Waals surface area contributed by atoms with Crippen LogP contribution in [0.1, 0.15) is 37.4 Å². The molecule has 6 heteroatoms. The number of ether oxygens (including phenoxy) is 2. The molecule has 0 spiro atoms. The Bertz CT molecular complexity index is 1060. The number of esters is 2. The summed E-state index contributed by atoms with van der Waals surface area (Å²) in [4.78, 5) is 26.6. The van der Waals surface area contributed by atoms with Gasteiger partial charge in [-0.15, -0.1) is 0 Å². The highest BCUT2D eigenvalue weighted by atomic mass is 16.5. The topological polar surface area (TPSA) is 60.8 Å². The Balaban J connectivity index is 1.85. The van der Waals surface area contributed by atoms with Crippen molar-refractivity contribution >= 4 is 28.5 Å². The molecule has 0 amide bonds. The van der Waals surface area contributed by atoms with E-state index in [0.29, 0.717) is 5.70 Å². The lowest BCUT2D eigenvalue weighted by Crippen LogP contribution is -2.33. The summed E-state index contributed by atoms with van der Waals surface area (Å²) in [6, 6.07) is 8.28. The van der Waals surface area contributed by atoms with Crippen LogP contribution < -0.4 is 0 Å². The SMILES string of the molecule is CCC12C=C(C(=O)OC)n3c(c(c4ccccc43)CCN(/C=C/C(=O)OC)CCC1)C2. The molecule has 0 aliphatic carbocycles. The van der Waals surface area contributed by atoms with Crippen molar-refractivity contribution in [2.45, 2.75) is 39.0 Å². The van der Waals surface area contributed by atoms with Crippen molar-refractivity contribution in [1.29, 1.82) is 0 Å². The van der Waals surface area contributed by atoms with Crippen molar-refractivity contribution in [3.8, 4) is 0 Å². The molecular weight excluding hydrogens is 392 g/mol. The van der Waals surface area contributed by atoms with Gasteiger partial charge in [-0.2, -0.15) is 0 Å². The fourth-order valence-corrected chi connectivity index (χ4v) is 5.04. The second-order valence-corrected chi connectivity index (χ2v) is 8.42. The van der Waals surface area contributed by atoms with E-state index in [4.69, 9.17) is 9.47 Å². The number of aromatic nitrogens is 1. The number of carbonyl (C=O) groups is 2. The zero-order valence-corrected chi connectivity index (χ0v) is 18.5. The minimum Gasteiger partial charge on any atom is -0.466 e. The molecule has 0 N–H and O–H groups in total. The third kappa shape index (κ3) is 3.87. The molecule has 2 aliphatic rings. The van der Waals surface area contributed by atoms with Gasteiger partial charge in [-0.05, 0) is 55.2 Å². The lowest BCUT2D eigenvalue weighted by atomic mass is 9.73. The Morgan fingerprint density at radius 1 is 1.16 bits per heavy atom. The number of allylic oxidation sites excluding steroid dienone is 1. The molecule has 2 bridgehead atoms. The number of methoxy groups -OCH3 is 2. The molecule has 0 radical (unpaired) electrons. The normalized spacial score (nSPS) is 21.1. The average molecular weight is 423 g/mol. The molecule has 2 aromatic rings. The second-order valence-electron chi connectivity index (χ2n) is 8.42. The molecule has 3 heterocycles. The molecule has 1 aromatic heterocycles. The summed E-state index contributed by atoms with van der Waals surface area (Å²) in [7, 11) is 2.84. The van der Waals surface area contributed by atoms with E-state index in [0.717, 1.165) is 50.7 Å². The molecule has 0 saturated carbocycles. The molecule has 164 valence electrons. The average Bonchev–Trinajstić information content (AvgIpc) is 3.12. The minimum atomic E-state index is -0.343. The monoisotopic (exact) mass is 422 g/mol. The van der Waals surface area contributed by atoms with Crippen molar-refractivity contribution in [2.75, 3.05) is 27.3 Å². The fraction of sp³-hybridized carbons (Fsp3) is 0.440. The number of para-hydroxylation sites is 1. The summed E-state index contributed by atoms with van der Waals surface area (Å²) >= 11 is 0. The summed E-state index contributed by atoms with van der Waals surface area (Å²) < 4.78 is 12.1. The summed E-state index contributed by atoms with van der Waals surface area (Å²) in [5, 5.41) is 1.18. The number of benzene rings is 1. The molecule has 1 atom stereocenters. The van der Waals surface area contributed by atoms with Crippen LogP contribution in [0.25, 0.3) is 16.6 Å². The third-order valence-corrected chi connectivity index (χ3v) is 6.78. The first kappa shape index (κ1) is 21.2. The second kappa shape index (κ2) is 8.61. The van der Waals surface area contributed by atoms with Gasteiger partial charge in [-0.25, -0.2) is 9.59 Å². The molecule has 2 aliphatic heterocycles. The Morgan fingerprint density at radius 2 is 1.97 bits per heavy atom. The van der Waals surface area contributed by atoms with Gasteiger partial charge >= 0.3 is 11.9 Å². The van der Waals surface area contributed by atoms with Crippen LogP contribution in [0.15, 0.2) is 42.6 Å². The molecule has 0 saturated heterocycles. The zero-order chi connectivity index (χ0) is 22.0. The lowest BCUT2D eigenvalue weighted by Gasteiger charge is -2.37. The molecule has 31 heavy (non-hydrogen) atoms. The van der Waals surface area contributed by atoms with Crippen LogP contribution in [0.3, 0.4) is 0 Å². The maximum Gasteiger partial charge on any atom is 0.354 e. The van der Waals surface area contributed by atoms with Crippen LogP contribution in [-0.2, 0) is 31.9 Å². The van der Waals surface area contributed by atoms with Crippen LogP contribution in [0.2, 0.25) is 0 Å². The van der Waals surface area contributed by atoms with Gasteiger partial charge in [0.25, 0.3) is 0 Å². The zero-order valence-electron chi connectivity index (χ0n) is 18.5. The summed E-state index contributed by atoms with van der Waals surface area (Å²) in [5.74, 6) is -0.630. The highest BCUT2D eigenvalue weighted by molar-refractivity contribution is 6.13. The van der Waals surface area contributed by atoms with Gasteiger partial charge in [0.05, 0.1) is 19.7 Å². The van der Waals surface area contributed by atoms with Crippen LogP contribution in [0.5, 0.6) is 0 Å². The highest BCUT2D eigenvalue weighted by Crippen LogP contribution is 2.45. The van der Waals surface area contributed by atoms with E-state index in [1.807, 2.05) is 18.3 Å². The van der Waals surface area contributed by atoms with Crippen LogP contribution in [-0.4, -0.2) is 48.7 Å². The van der Waals surface area contributed by atoms with Crippen molar-refractivity contribution < 1.29 is 19.1 Å². The van der Waals surface area contributed by atoms with E-state index in [9.17, 15) is 9.59 Å². The summed E-state index contributed by atoms with van der Waals surface area (Å²) in [6.07, 6.45) is 10.1. The Kier molecular flexibility index (Phi) is 5.90. The lowest BCUT2D eigenvalue weighted by molar-refractivity contribution is -0.135. The van der Waals surface area contributed by atoms with Crippen LogP contribution in [0, 0.1) is 5.41 Å². The predicted molar refractivity (Wildman–Crippen MR) is 120 cm³/mol. The quantitative estimate of drug-likeness (QED) is 0.552. The van der Waals surface area contributed by atoms with Gasteiger partial charge < -0.3 is 18.9 Å². The molecular formula is C25H30N2O4. The minimum absolute atomic E-state index is 0.0856. The van der Waals surface area contributed by atoms with E-state index < -0.39 is 0 Å². The predicted octanol–water partition coefficient (Wildman–Crippen LogP) is 3.93. The first-order valence-corrected chi connectivity index (χ1v) is 10.9. The first-order valence-electron chi connectivity index (χ1n) is 10.9. The number of hydrogen-bond donors (Lipinski definition) is 0. The number of fused-ring (bicyclic) bond motifs is 4. The maximum absolute atomic E-state index is 12.8. The molecule has 6 nitrogen and oxygen atoms in total. The van der Waals surface area contributed by atoms with Gasteiger partial charge in [0.2, 0.25) is 0 Å². The van der Waals surface area contributed by atoms with Crippen molar-refractivity contribution in [3.05, 3.63) is 53.9 Å². The highest BCUT2D eigenvalue weighted by Gasteiger charge is 2.37. The number of carbonyl (C=O) groups excluding carboxylic acids is 2. The Hall–Kier alpha value is -3.02. The Morgan fingerprint density at radius 3 is 2.71 bits per heavy atom. The molecule has 0 fully saturated rings. The molecule has 4 rings (SSSR count). The first-order chi connectivity index (χ1) is 15.0. The van der Waals surface area contributed by atoms with Crippen molar-refractivity contribution in [3.63, 3.8) is 0 Å². The summed E-state index contributed by atoms with van der Waals surface area (Å²) in [5.41, 5.74) is 4.09. The maximum atomic E-state index is 12.8. The number of nitrogens with zero attached hydrogens (tertiary/aromatic N) is 2. The number of rotatable bonds is 4. The van der Waals surface area contributed by atoms with Crippen LogP contribution in [0.4, 0.5) is 0 Å². The standard InChI is InChI=1S/C25H30N2O4/c1-4-25-12-7-13-26(15-11-23(28)30-2)14-10-19-18-8-5-6-9-20(18)27(21(19)16-25)22(17-25)24(29)31-3/h5-6,8-9,11,15,17H,4,7,10,12-14,16H2,1-3H3/b15-11+. The fourth-order valence-electron chi connectivity index (χ4n) is 5.04. The van der Waals surface area contributed by atoms with E-state index in [1.54, 1.807) is 0 Å². The number of hydrogen-bond acceptors (Lipinski definition) is 5. The third-order valence-electron chi connectivity index (χ3n) is 6.78. The van der Waals surface area contributed by atoms with E-state index in [2.05, 4.69) is 34.6 Å². The van der Waals surface area contributed by atoms with Gasteiger partial charge in [-0.3, -0.25) is 0 Å². The van der Waals surface area contributed by atoms with Gasteiger partial charge in [0.15, 0.2) is 0 Å². The van der Waals surface area contributed by atoms with Crippen molar-refractivity contribution in [2.24, 2.45) is 5.41 Å². The van der Waals surface area contributed by atoms with E-state index >= 15 is 0 Å².